The maximum Gasteiger partial charge on any atom is 0.407 e. The van der Waals surface area contributed by atoms with E-state index in [1.54, 1.807) is 23.2 Å². The number of aryl methyl sites for hydroxylation is 1. The maximum atomic E-state index is 12.7. The van der Waals surface area contributed by atoms with E-state index in [9.17, 15) is 9.59 Å². The molecule has 2 N–H and O–H groups in total. The first-order chi connectivity index (χ1) is 12.4. The quantitative estimate of drug-likeness (QED) is 0.861. The van der Waals surface area contributed by atoms with Crippen molar-refractivity contribution in [3.05, 3.63) is 52.7 Å². The number of benzene rings is 1. The molecule has 136 valence electrons. The Morgan fingerprint density at radius 2 is 1.81 bits per heavy atom. The normalized spacial score (nSPS) is 14.2. The van der Waals surface area contributed by atoms with Crippen molar-refractivity contribution in [2.24, 2.45) is 0 Å². The number of piperazine rings is 1. The molecule has 7 nitrogen and oxygen atoms in total. The van der Waals surface area contributed by atoms with E-state index >= 15 is 0 Å². The van der Waals surface area contributed by atoms with Gasteiger partial charge >= 0.3 is 6.09 Å². The molecule has 2 heterocycles. The van der Waals surface area contributed by atoms with Crippen LogP contribution in [0.4, 0.5) is 16.3 Å². The lowest BCUT2D eigenvalue weighted by Crippen LogP contribution is -2.50. The molecule has 2 amide bonds. The number of hydrogen-bond donors (Lipinski definition) is 2. The monoisotopic (exact) mass is 374 g/mol. The van der Waals surface area contributed by atoms with Crippen LogP contribution in [0.1, 0.15) is 15.9 Å². The molecule has 8 heteroatoms. The number of amides is 2. The molecule has 0 atom stereocenters. The third-order valence-corrected chi connectivity index (χ3v) is 4.54. The second-order valence-corrected chi connectivity index (χ2v) is 6.51. The Morgan fingerprint density at radius 3 is 2.46 bits per heavy atom. The largest absolute Gasteiger partial charge is 0.465 e. The van der Waals surface area contributed by atoms with E-state index in [0.29, 0.717) is 48.3 Å². The highest BCUT2D eigenvalue weighted by atomic mass is 35.5. The van der Waals surface area contributed by atoms with Crippen molar-refractivity contribution in [2.75, 3.05) is 31.5 Å². The van der Waals surface area contributed by atoms with Crippen LogP contribution in [0.5, 0.6) is 0 Å². The van der Waals surface area contributed by atoms with Crippen LogP contribution in [0.15, 0.2) is 36.5 Å². The van der Waals surface area contributed by atoms with Gasteiger partial charge in [-0.1, -0.05) is 17.7 Å². The molecule has 26 heavy (non-hydrogen) atoms. The number of aromatic nitrogens is 1. The van der Waals surface area contributed by atoms with Crippen molar-refractivity contribution in [3.8, 4) is 0 Å². The fourth-order valence-corrected chi connectivity index (χ4v) is 3.06. The summed E-state index contributed by atoms with van der Waals surface area (Å²) in [5.74, 6) is 0.376. The number of halogens is 1. The van der Waals surface area contributed by atoms with Gasteiger partial charge in [-0.2, -0.15) is 0 Å². The summed E-state index contributed by atoms with van der Waals surface area (Å²) in [7, 11) is 0. The second kappa shape index (κ2) is 7.61. The predicted molar refractivity (Wildman–Crippen MR) is 99.2 cm³/mol. The molecule has 1 saturated heterocycles. The number of hydrogen-bond acceptors (Lipinski definition) is 4. The summed E-state index contributed by atoms with van der Waals surface area (Å²) < 4.78 is 0. The average Bonchev–Trinajstić information content (AvgIpc) is 2.64. The van der Waals surface area contributed by atoms with E-state index in [2.05, 4.69) is 10.3 Å². The number of nitrogens with zero attached hydrogens (tertiary/aromatic N) is 3. The third kappa shape index (κ3) is 4.05. The van der Waals surface area contributed by atoms with Crippen LogP contribution in [0.25, 0.3) is 0 Å². The molecule has 0 aliphatic carbocycles. The fourth-order valence-electron chi connectivity index (χ4n) is 2.77. The van der Waals surface area contributed by atoms with Crippen molar-refractivity contribution in [1.29, 1.82) is 0 Å². The molecular formula is C18H19ClN4O3. The number of carbonyl (C=O) groups excluding carboxylic acids is 1. The lowest BCUT2D eigenvalue weighted by Gasteiger charge is -2.33. The van der Waals surface area contributed by atoms with E-state index in [1.807, 2.05) is 25.1 Å². The van der Waals surface area contributed by atoms with Crippen molar-refractivity contribution in [1.82, 2.24) is 14.8 Å². The summed E-state index contributed by atoms with van der Waals surface area (Å²) in [4.78, 5) is 30.8. The first-order valence-electron chi connectivity index (χ1n) is 8.20. The Labute approximate surface area is 156 Å². The molecular weight excluding hydrogens is 356 g/mol. The summed E-state index contributed by atoms with van der Waals surface area (Å²) in [6.07, 6.45) is 0.605. The lowest BCUT2D eigenvalue weighted by atomic mass is 10.2. The van der Waals surface area contributed by atoms with Gasteiger partial charge in [-0.3, -0.25) is 4.79 Å². The summed E-state index contributed by atoms with van der Waals surface area (Å²) >= 11 is 6.22. The van der Waals surface area contributed by atoms with E-state index in [1.165, 1.54) is 4.90 Å². The van der Waals surface area contributed by atoms with Gasteiger partial charge in [-0.25, -0.2) is 9.78 Å². The smallest absolute Gasteiger partial charge is 0.407 e. The van der Waals surface area contributed by atoms with Crippen molar-refractivity contribution < 1.29 is 14.7 Å². The van der Waals surface area contributed by atoms with E-state index in [-0.39, 0.29) is 5.91 Å². The first kappa shape index (κ1) is 18.0. The number of rotatable bonds is 3. The zero-order valence-corrected chi connectivity index (χ0v) is 15.0. The molecule has 1 aliphatic heterocycles. The molecule has 0 unspecified atom stereocenters. The number of nitrogens with one attached hydrogen (secondary N) is 1. The minimum Gasteiger partial charge on any atom is -0.465 e. The van der Waals surface area contributed by atoms with Gasteiger partial charge in [-0.05, 0) is 36.8 Å². The molecule has 1 aromatic heterocycles. The van der Waals surface area contributed by atoms with Crippen LogP contribution < -0.4 is 5.32 Å². The van der Waals surface area contributed by atoms with Crippen LogP contribution in [-0.4, -0.2) is 58.1 Å². The highest BCUT2D eigenvalue weighted by Gasteiger charge is 2.24. The molecule has 1 fully saturated rings. The number of carbonyl (C=O) groups is 2. The van der Waals surface area contributed by atoms with Crippen LogP contribution >= 0.6 is 11.6 Å². The molecule has 0 radical (unpaired) electrons. The van der Waals surface area contributed by atoms with Gasteiger partial charge in [0.1, 0.15) is 5.82 Å². The maximum absolute atomic E-state index is 12.7. The molecule has 3 rings (SSSR count). The molecule has 0 spiro atoms. The zero-order chi connectivity index (χ0) is 18.7. The Kier molecular flexibility index (Phi) is 5.27. The Hall–Kier alpha value is -2.80. The van der Waals surface area contributed by atoms with Crippen molar-refractivity contribution in [2.45, 2.75) is 6.92 Å². The van der Waals surface area contributed by atoms with Crippen molar-refractivity contribution in [3.63, 3.8) is 0 Å². The van der Waals surface area contributed by atoms with Crippen molar-refractivity contribution >= 4 is 35.1 Å². The van der Waals surface area contributed by atoms with Gasteiger partial charge in [-0.15, -0.1) is 0 Å². The molecule has 1 aromatic carbocycles. The average molecular weight is 375 g/mol. The van der Waals surface area contributed by atoms with Gasteiger partial charge < -0.3 is 20.2 Å². The summed E-state index contributed by atoms with van der Waals surface area (Å²) in [5.41, 5.74) is 2.26. The SMILES string of the molecule is Cc1ccc(Nc2cc(C(=O)N3CCN(C(=O)O)CC3)ccn2)c(Cl)c1. The van der Waals surface area contributed by atoms with E-state index in [0.717, 1.165) is 5.56 Å². The summed E-state index contributed by atoms with van der Waals surface area (Å²) in [6.45, 7) is 3.34. The number of pyridine rings is 1. The summed E-state index contributed by atoms with van der Waals surface area (Å²) in [6, 6.07) is 8.96. The Balaban J connectivity index is 1.71. The van der Waals surface area contributed by atoms with Crippen LogP contribution in [-0.2, 0) is 0 Å². The van der Waals surface area contributed by atoms with Crippen LogP contribution in [0.2, 0.25) is 5.02 Å². The first-order valence-corrected chi connectivity index (χ1v) is 8.58. The minimum atomic E-state index is -0.956. The molecule has 2 aromatic rings. The second-order valence-electron chi connectivity index (χ2n) is 6.10. The topological polar surface area (TPSA) is 85.8 Å². The van der Waals surface area contributed by atoms with E-state index < -0.39 is 6.09 Å². The number of carboxylic acid groups (broad SMARTS) is 1. The predicted octanol–water partition coefficient (Wildman–Crippen LogP) is 3.22. The van der Waals surface area contributed by atoms with Gasteiger partial charge in [0.2, 0.25) is 0 Å². The van der Waals surface area contributed by atoms with Gasteiger partial charge in [0, 0.05) is 37.9 Å². The fraction of sp³-hybridized carbons (Fsp3) is 0.278. The molecule has 1 aliphatic rings. The Morgan fingerprint density at radius 1 is 1.12 bits per heavy atom. The highest BCUT2D eigenvalue weighted by Crippen LogP contribution is 2.26. The lowest BCUT2D eigenvalue weighted by molar-refractivity contribution is 0.0625. The van der Waals surface area contributed by atoms with Crippen LogP contribution in [0.3, 0.4) is 0 Å². The third-order valence-electron chi connectivity index (χ3n) is 4.23. The summed E-state index contributed by atoms with van der Waals surface area (Å²) in [5, 5.41) is 12.7. The Bertz CT molecular complexity index is 835. The zero-order valence-electron chi connectivity index (χ0n) is 14.3. The molecule has 0 bridgehead atoms. The van der Waals surface area contributed by atoms with Gasteiger partial charge in [0.05, 0.1) is 10.7 Å². The highest BCUT2D eigenvalue weighted by molar-refractivity contribution is 6.33. The van der Waals surface area contributed by atoms with Gasteiger partial charge in [0.15, 0.2) is 0 Å². The van der Waals surface area contributed by atoms with E-state index in [4.69, 9.17) is 16.7 Å². The number of anilines is 2. The van der Waals surface area contributed by atoms with Crippen LogP contribution in [0, 0.1) is 6.92 Å². The standard InChI is InChI=1S/C18H19ClN4O3/c1-12-2-3-15(14(19)10-12)21-16-11-13(4-5-20-16)17(24)22-6-8-23(9-7-22)18(25)26/h2-5,10-11H,6-9H2,1H3,(H,20,21)(H,25,26). The van der Waals surface area contributed by atoms with Gasteiger partial charge in [0.25, 0.3) is 5.91 Å². The minimum absolute atomic E-state index is 0.143. The molecule has 0 saturated carbocycles.